The molecule has 0 radical (unpaired) electrons. The van der Waals surface area contributed by atoms with Gasteiger partial charge in [-0.2, -0.15) is 9.97 Å². The first kappa shape index (κ1) is 12.6. The number of imidazole rings is 1. The Morgan fingerprint density at radius 1 is 1.39 bits per heavy atom. The molecule has 0 aliphatic carbocycles. The molecular weight excluding hydrogens is 232 g/mol. The van der Waals surface area contributed by atoms with Crippen molar-refractivity contribution in [2.24, 2.45) is 0 Å². The summed E-state index contributed by atoms with van der Waals surface area (Å²) in [6.45, 7) is 1.60. The fraction of sp³-hybridized carbons (Fsp3) is 0.545. The van der Waals surface area contributed by atoms with Gasteiger partial charge in [0.1, 0.15) is 5.52 Å². The van der Waals surface area contributed by atoms with Crippen molar-refractivity contribution in [2.75, 3.05) is 39.6 Å². The van der Waals surface area contributed by atoms with Gasteiger partial charge in [0.2, 0.25) is 11.8 Å². The summed E-state index contributed by atoms with van der Waals surface area (Å²) in [5.74, 6) is 1.05. The molecule has 0 saturated heterocycles. The van der Waals surface area contributed by atoms with Crippen molar-refractivity contribution in [1.29, 1.82) is 0 Å². The minimum absolute atomic E-state index is 0.511. The molecule has 0 unspecified atom stereocenters. The molecule has 0 fully saturated rings. The van der Waals surface area contributed by atoms with Crippen LogP contribution in [0.3, 0.4) is 0 Å². The molecule has 98 valence electrons. The molecule has 0 aromatic carbocycles. The normalized spacial score (nSPS) is 11.1. The van der Waals surface area contributed by atoms with Gasteiger partial charge in [-0.15, -0.1) is 0 Å². The number of hydrogen-bond acceptors (Lipinski definition) is 6. The number of ether oxygens (including phenoxy) is 1. The smallest absolute Gasteiger partial charge is 0.245 e. The van der Waals surface area contributed by atoms with E-state index in [1.54, 1.807) is 13.4 Å². The predicted octanol–water partition coefficient (Wildman–Crippen LogP) is 0.725. The number of fused-ring (bicyclic) bond motifs is 1. The Morgan fingerprint density at radius 3 is 2.94 bits per heavy atom. The van der Waals surface area contributed by atoms with Crippen molar-refractivity contribution in [3.05, 3.63) is 6.33 Å². The average Bonchev–Trinajstić information content (AvgIpc) is 2.82. The SMILES string of the molecule is CNc1nc(OCCCN(C)C)c2[nH]cnc2n1. The molecule has 0 atom stereocenters. The third kappa shape index (κ3) is 2.86. The molecule has 0 saturated carbocycles. The molecule has 18 heavy (non-hydrogen) atoms. The molecule has 2 aromatic rings. The van der Waals surface area contributed by atoms with Gasteiger partial charge in [0.25, 0.3) is 0 Å². The van der Waals surface area contributed by atoms with Gasteiger partial charge in [-0.3, -0.25) is 0 Å². The van der Waals surface area contributed by atoms with Crippen LogP contribution in [0.25, 0.3) is 11.2 Å². The molecule has 0 amide bonds. The van der Waals surface area contributed by atoms with Gasteiger partial charge in [-0.25, -0.2) is 4.98 Å². The first-order valence-electron chi connectivity index (χ1n) is 5.87. The second-order valence-electron chi connectivity index (χ2n) is 4.21. The monoisotopic (exact) mass is 250 g/mol. The van der Waals surface area contributed by atoms with Crippen LogP contribution in [0.15, 0.2) is 6.33 Å². The Morgan fingerprint density at radius 2 is 2.22 bits per heavy atom. The van der Waals surface area contributed by atoms with Gasteiger partial charge in [0.15, 0.2) is 5.65 Å². The van der Waals surface area contributed by atoms with E-state index in [0.29, 0.717) is 24.1 Å². The van der Waals surface area contributed by atoms with Crippen LogP contribution in [0.2, 0.25) is 0 Å². The molecular formula is C11H18N6O. The molecule has 0 spiro atoms. The van der Waals surface area contributed by atoms with E-state index in [4.69, 9.17) is 4.74 Å². The van der Waals surface area contributed by atoms with Crippen LogP contribution in [0, 0.1) is 0 Å². The molecule has 0 aliphatic heterocycles. The Labute approximate surface area is 106 Å². The molecule has 7 nitrogen and oxygen atoms in total. The fourth-order valence-electron chi connectivity index (χ4n) is 1.57. The van der Waals surface area contributed by atoms with Gasteiger partial charge >= 0.3 is 0 Å². The first-order valence-corrected chi connectivity index (χ1v) is 5.87. The molecule has 2 rings (SSSR count). The number of anilines is 1. The number of aromatic amines is 1. The van der Waals surface area contributed by atoms with Crippen molar-refractivity contribution in [3.8, 4) is 5.88 Å². The van der Waals surface area contributed by atoms with Crippen LogP contribution in [0.5, 0.6) is 5.88 Å². The highest BCUT2D eigenvalue weighted by molar-refractivity contribution is 5.76. The van der Waals surface area contributed by atoms with Gasteiger partial charge in [-0.05, 0) is 20.5 Å². The van der Waals surface area contributed by atoms with Gasteiger partial charge in [-0.1, -0.05) is 0 Å². The Hall–Kier alpha value is -1.89. The highest BCUT2D eigenvalue weighted by atomic mass is 16.5. The van der Waals surface area contributed by atoms with E-state index in [1.165, 1.54) is 0 Å². The topological polar surface area (TPSA) is 79.0 Å². The molecule has 0 bridgehead atoms. The summed E-state index contributed by atoms with van der Waals surface area (Å²) >= 11 is 0. The Balaban J connectivity index is 2.08. The van der Waals surface area contributed by atoms with Crippen LogP contribution in [-0.2, 0) is 0 Å². The summed E-state index contributed by atoms with van der Waals surface area (Å²) in [6, 6.07) is 0. The summed E-state index contributed by atoms with van der Waals surface area (Å²) < 4.78 is 5.68. The first-order chi connectivity index (χ1) is 8.70. The number of aromatic nitrogens is 4. The standard InChI is InChI=1S/C11H18N6O/c1-12-11-15-9-8(13-7-14-9)10(16-11)18-6-4-5-17(2)3/h7H,4-6H2,1-3H3,(H2,12,13,14,15,16). The zero-order valence-corrected chi connectivity index (χ0v) is 10.9. The van der Waals surface area contributed by atoms with Crippen molar-refractivity contribution >= 4 is 17.1 Å². The second kappa shape index (κ2) is 5.63. The lowest BCUT2D eigenvalue weighted by atomic mass is 10.4. The van der Waals surface area contributed by atoms with Crippen LogP contribution in [-0.4, -0.2) is 59.1 Å². The number of rotatable bonds is 6. The summed E-state index contributed by atoms with van der Waals surface area (Å²) in [5.41, 5.74) is 1.34. The number of nitrogens with zero attached hydrogens (tertiary/aromatic N) is 4. The largest absolute Gasteiger partial charge is 0.476 e. The zero-order chi connectivity index (χ0) is 13.0. The molecule has 2 heterocycles. The summed E-state index contributed by atoms with van der Waals surface area (Å²) in [7, 11) is 5.84. The van der Waals surface area contributed by atoms with Crippen LogP contribution in [0.1, 0.15) is 6.42 Å². The van der Waals surface area contributed by atoms with E-state index in [-0.39, 0.29) is 0 Å². The lowest BCUT2D eigenvalue weighted by Gasteiger charge is -2.10. The molecule has 0 aliphatic rings. The van der Waals surface area contributed by atoms with Crippen LogP contribution < -0.4 is 10.1 Å². The molecule has 2 N–H and O–H groups in total. The highest BCUT2D eigenvalue weighted by Crippen LogP contribution is 2.20. The fourth-order valence-corrected chi connectivity index (χ4v) is 1.57. The maximum Gasteiger partial charge on any atom is 0.245 e. The van der Waals surface area contributed by atoms with E-state index in [9.17, 15) is 0 Å². The predicted molar refractivity (Wildman–Crippen MR) is 69.9 cm³/mol. The maximum atomic E-state index is 5.68. The van der Waals surface area contributed by atoms with Crippen molar-refractivity contribution in [1.82, 2.24) is 24.8 Å². The molecule has 7 heteroatoms. The van der Waals surface area contributed by atoms with E-state index in [1.807, 2.05) is 14.1 Å². The second-order valence-corrected chi connectivity index (χ2v) is 4.21. The van der Waals surface area contributed by atoms with E-state index < -0.39 is 0 Å². The number of hydrogen-bond donors (Lipinski definition) is 2. The third-order valence-electron chi connectivity index (χ3n) is 2.46. The highest BCUT2D eigenvalue weighted by Gasteiger charge is 2.10. The number of H-pyrrole nitrogens is 1. The van der Waals surface area contributed by atoms with Crippen molar-refractivity contribution < 1.29 is 4.74 Å². The maximum absolute atomic E-state index is 5.68. The summed E-state index contributed by atoms with van der Waals surface area (Å²) in [5, 5.41) is 2.89. The van der Waals surface area contributed by atoms with E-state index in [0.717, 1.165) is 18.5 Å². The van der Waals surface area contributed by atoms with Crippen molar-refractivity contribution in [2.45, 2.75) is 6.42 Å². The van der Waals surface area contributed by atoms with Gasteiger partial charge < -0.3 is 19.9 Å². The average molecular weight is 250 g/mol. The Bertz CT molecular complexity index is 509. The quantitative estimate of drug-likeness (QED) is 0.736. The van der Waals surface area contributed by atoms with Crippen LogP contribution in [0.4, 0.5) is 5.95 Å². The van der Waals surface area contributed by atoms with Crippen molar-refractivity contribution in [3.63, 3.8) is 0 Å². The summed E-state index contributed by atoms with van der Waals surface area (Å²) in [6.07, 6.45) is 2.53. The number of nitrogens with one attached hydrogen (secondary N) is 2. The zero-order valence-electron chi connectivity index (χ0n) is 10.9. The lowest BCUT2D eigenvalue weighted by Crippen LogP contribution is -2.16. The summed E-state index contributed by atoms with van der Waals surface area (Å²) in [4.78, 5) is 17.7. The third-order valence-corrected chi connectivity index (χ3v) is 2.46. The molecule has 2 aromatic heterocycles. The lowest BCUT2D eigenvalue weighted by molar-refractivity contribution is 0.276. The Kier molecular flexibility index (Phi) is 3.93. The van der Waals surface area contributed by atoms with Gasteiger partial charge in [0, 0.05) is 13.6 Å². The van der Waals surface area contributed by atoms with E-state index >= 15 is 0 Å². The minimum atomic E-state index is 0.511. The minimum Gasteiger partial charge on any atom is -0.476 e. The van der Waals surface area contributed by atoms with Gasteiger partial charge in [0.05, 0.1) is 12.9 Å². The van der Waals surface area contributed by atoms with Crippen LogP contribution >= 0.6 is 0 Å². The van der Waals surface area contributed by atoms with E-state index in [2.05, 4.69) is 30.2 Å².